The lowest BCUT2D eigenvalue weighted by Gasteiger charge is -2.23. The number of carbonyl (C=O) groups excluding carboxylic acids is 1. The normalized spacial score (nSPS) is 11.6. The van der Waals surface area contributed by atoms with E-state index in [-0.39, 0.29) is 12.6 Å². The van der Waals surface area contributed by atoms with Crippen LogP contribution in [0, 0.1) is 0 Å². The molecule has 0 amide bonds. The minimum absolute atomic E-state index is 0.137. The number of nitrogens with zero attached hydrogens (tertiary/aromatic N) is 1. The van der Waals surface area contributed by atoms with E-state index < -0.39 is 0 Å². The molecule has 184 valence electrons. The Bertz CT molecular complexity index is 429. The van der Waals surface area contributed by atoms with Gasteiger partial charge in [0.05, 0.1) is 40.7 Å². The Balaban J connectivity index is 3.29. The topological polar surface area (TPSA) is 35.5 Å². The molecular formula is C27H54NO3+. The van der Waals surface area contributed by atoms with Crippen LogP contribution in [-0.2, 0) is 14.3 Å². The van der Waals surface area contributed by atoms with Gasteiger partial charge in [0.1, 0.15) is 6.61 Å². The van der Waals surface area contributed by atoms with Crippen molar-refractivity contribution in [2.24, 2.45) is 0 Å². The third-order valence-electron chi connectivity index (χ3n) is 5.60. The van der Waals surface area contributed by atoms with Crippen LogP contribution in [0.1, 0.15) is 110 Å². The van der Waals surface area contributed by atoms with Gasteiger partial charge in [0.2, 0.25) is 0 Å². The largest absolute Gasteiger partial charge is 0.461 e. The van der Waals surface area contributed by atoms with Gasteiger partial charge in [0, 0.05) is 13.0 Å². The molecule has 0 heterocycles. The average molecular weight is 441 g/mol. The van der Waals surface area contributed by atoms with E-state index in [1.54, 1.807) is 0 Å². The quantitative estimate of drug-likeness (QED) is 0.0737. The minimum atomic E-state index is -0.137. The number of esters is 1. The maximum absolute atomic E-state index is 11.7. The van der Waals surface area contributed by atoms with E-state index in [9.17, 15) is 4.79 Å². The predicted molar refractivity (Wildman–Crippen MR) is 133 cm³/mol. The van der Waals surface area contributed by atoms with Gasteiger partial charge < -0.3 is 14.0 Å². The highest BCUT2D eigenvalue weighted by Crippen LogP contribution is 2.13. The van der Waals surface area contributed by atoms with Crippen LogP contribution in [0.15, 0.2) is 12.2 Å². The van der Waals surface area contributed by atoms with Crippen molar-refractivity contribution in [3.63, 3.8) is 0 Å². The molecule has 0 rings (SSSR count). The van der Waals surface area contributed by atoms with Gasteiger partial charge in [-0.05, 0) is 12.0 Å². The first-order valence-electron chi connectivity index (χ1n) is 13.1. The zero-order chi connectivity index (χ0) is 23.2. The molecule has 0 saturated carbocycles. The lowest BCUT2D eigenvalue weighted by atomic mass is 10.0. The van der Waals surface area contributed by atoms with E-state index in [0.29, 0.717) is 13.0 Å². The van der Waals surface area contributed by atoms with Crippen molar-refractivity contribution < 1.29 is 18.8 Å². The fourth-order valence-corrected chi connectivity index (χ4v) is 3.61. The molecule has 0 spiro atoms. The molecule has 31 heavy (non-hydrogen) atoms. The third-order valence-corrected chi connectivity index (χ3v) is 5.60. The molecule has 0 atom stereocenters. The van der Waals surface area contributed by atoms with Crippen LogP contribution in [0.2, 0.25) is 0 Å². The van der Waals surface area contributed by atoms with Crippen molar-refractivity contribution in [3.8, 4) is 0 Å². The Labute approximate surface area is 194 Å². The van der Waals surface area contributed by atoms with E-state index >= 15 is 0 Å². The Morgan fingerprint density at radius 2 is 1.19 bits per heavy atom. The number of hydrogen-bond acceptors (Lipinski definition) is 3. The van der Waals surface area contributed by atoms with Crippen molar-refractivity contribution >= 4 is 5.97 Å². The summed E-state index contributed by atoms with van der Waals surface area (Å²) in [5, 5.41) is 0. The van der Waals surface area contributed by atoms with Gasteiger partial charge in [-0.15, -0.1) is 0 Å². The highest BCUT2D eigenvalue weighted by Gasteiger charge is 2.10. The van der Waals surface area contributed by atoms with Crippen LogP contribution in [0.5, 0.6) is 0 Å². The molecule has 0 bridgehead atoms. The summed E-state index contributed by atoms with van der Waals surface area (Å²) in [7, 11) is 6.38. The molecule has 0 radical (unpaired) electrons. The zero-order valence-electron chi connectivity index (χ0n) is 21.5. The summed E-state index contributed by atoms with van der Waals surface area (Å²) < 4.78 is 11.8. The summed E-state index contributed by atoms with van der Waals surface area (Å²) in [5.74, 6) is -0.137. The second-order valence-electron chi connectivity index (χ2n) is 10.2. The summed E-state index contributed by atoms with van der Waals surface area (Å²) in [4.78, 5) is 11.7. The molecular weight excluding hydrogens is 386 g/mol. The highest BCUT2D eigenvalue weighted by molar-refractivity contribution is 5.69. The van der Waals surface area contributed by atoms with Crippen molar-refractivity contribution in [2.45, 2.75) is 110 Å². The van der Waals surface area contributed by atoms with Gasteiger partial charge in [0.25, 0.3) is 0 Å². The summed E-state index contributed by atoms with van der Waals surface area (Å²) in [6.45, 7) is 8.74. The Hall–Kier alpha value is -0.870. The summed E-state index contributed by atoms with van der Waals surface area (Å²) in [6, 6.07) is 0. The summed E-state index contributed by atoms with van der Waals surface area (Å²) in [5.41, 5.74) is 0.838. The van der Waals surface area contributed by atoms with E-state index in [2.05, 4.69) is 34.6 Å². The predicted octanol–water partition coefficient (Wildman–Crippen LogP) is 7.07. The number of rotatable bonds is 23. The van der Waals surface area contributed by atoms with Gasteiger partial charge in [0.15, 0.2) is 0 Å². The number of hydrogen-bond donors (Lipinski definition) is 0. The fourth-order valence-electron chi connectivity index (χ4n) is 3.61. The molecule has 0 aromatic heterocycles. The van der Waals surface area contributed by atoms with E-state index in [1.165, 1.54) is 83.5 Å². The lowest BCUT2D eigenvalue weighted by molar-refractivity contribution is -0.870. The van der Waals surface area contributed by atoms with Crippen LogP contribution < -0.4 is 0 Å². The van der Waals surface area contributed by atoms with Gasteiger partial charge in [-0.1, -0.05) is 97.0 Å². The van der Waals surface area contributed by atoms with E-state index in [4.69, 9.17) is 9.47 Å². The zero-order valence-corrected chi connectivity index (χ0v) is 21.5. The average Bonchev–Trinajstić information content (AvgIpc) is 2.71. The summed E-state index contributed by atoms with van der Waals surface area (Å²) in [6.07, 6.45) is 20.5. The Morgan fingerprint density at radius 1 is 0.710 bits per heavy atom. The minimum Gasteiger partial charge on any atom is -0.461 e. The van der Waals surface area contributed by atoms with Gasteiger partial charge in [-0.3, -0.25) is 4.79 Å². The first-order valence-corrected chi connectivity index (χ1v) is 13.1. The second-order valence-corrected chi connectivity index (χ2v) is 10.2. The molecule has 0 saturated heterocycles. The van der Waals surface area contributed by atoms with E-state index in [1.807, 2.05) is 0 Å². The number of unbranched alkanes of at least 4 members (excludes halogenated alkanes) is 13. The van der Waals surface area contributed by atoms with Gasteiger partial charge in [-0.25, -0.2) is 0 Å². The van der Waals surface area contributed by atoms with E-state index in [0.717, 1.165) is 36.0 Å². The second kappa shape index (κ2) is 21.0. The third kappa shape index (κ3) is 25.3. The standard InChI is InChI=1S/C27H54NO3/c1-6-7-8-9-10-11-12-13-14-15-16-17-18-19-23-30-24-26(2)25-31-27(29)21-20-22-28(3,4)5/h2,6-25H2,1,3-5H3/q+1. The fraction of sp³-hybridized carbons (Fsp3) is 0.889. The van der Waals surface area contributed by atoms with Crippen LogP contribution in [-0.4, -0.2) is 58.0 Å². The lowest BCUT2D eigenvalue weighted by Crippen LogP contribution is -2.35. The van der Waals surface area contributed by atoms with Crippen molar-refractivity contribution in [1.29, 1.82) is 0 Å². The maximum atomic E-state index is 11.7. The highest BCUT2D eigenvalue weighted by atomic mass is 16.5. The Morgan fingerprint density at radius 3 is 1.68 bits per heavy atom. The monoisotopic (exact) mass is 440 g/mol. The first kappa shape index (κ1) is 30.1. The molecule has 4 nitrogen and oxygen atoms in total. The molecule has 0 aromatic carbocycles. The maximum Gasteiger partial charge on any atom is 0.306 e. The molecule has 0 aliphatic carbocycles. The van der Waals surface area contributed by atoms with Gasteiger partial charge >= 0.3 is 5.97 Å². The summed E-state index contributed by atoms with van der Waals surface area (Å²) >= 11 is 0. The SMILES string of the molecule is C=C(COCCCCCCCCCCCCCCCC)COC(=O)CCC[N+](C)(C)C. The van der Waals surface area contributed by atoms with Crippen LogP contribution >= 0.6 is 0 Å². The van der Waals surface area contributed by atoms with Crippen LogP contribution in [0.3, 0.4) is 0 Å². The van der Waals surface area contributed by atoms with Crippen molar-refractivity contribution in [3.05, 3.63) is 12.2 Å². The molecule has 4 heteroatoms. The van der Waals surface area contributed by atoms with Crippen LogP contribution in [0.25, 0.3) is 0 Å². The number of quaternary nitrogens is 1. The molecule has 0 aliphatic heterocycles. The molecule has 0 N–H and O–H groups in total. The van der Waals surface area contributed by atoms with Crippen LogP contribution in [0.4, 0.5) is 0 Å². The van der Waals surface area contributed by atoms with Gasteiger partial charge in [-0.2, -0.15) is 0 Å². The van der Waals surface area contributed by atoms with Crippen molar-refractivity contribution in [2.75, 3.05) is 47.5 Å². The molecule has 0 aliphatic rings. The van der Waals surface area contributed by atoms with Crippen molar-refractivity contribution in [1.82, 2.24) is 0 Å². The molecule has 0 unspecified atom stereocenters. The Kier molecular flexibility index (Phi) is 20.4. The molecule has 0 aromatic rings. The molecule has 0 fully saturated rings. The smallest absolute Gasteiger partial charge is 0.306 e. The first-order chi connectivity index (χ1) is 14.8. The number of ether oxygens (including phenoxy) is 2. The number of carbonyl (C=O) groups is 1.